The van der Waals surface area contributed by atoms with E-state index in [4.69, 9.17) is 9.47 Å². The maximum Gasteiger partial charge on any atom is 0.162 e. The van der Waals surface area contributed by atoms with E-state index in [2.05, 4.69) is 40.5 Å². The Labute approximate surface area is 156 Å². The molecule has 1 unspecified atom stereocenters. The number of hydrogen-bond acceptors (Lipinski definition) is 4. The number of ether oxygens (including phenoxy) is 2. The average Bonchev–Trinajstić information content (AvgIpc) is 3.12. The van der Waals surface area contributed by atoms with Gasteiger partial charge < -0.3 is 14.8 Å². The van der Waals surface area contributed by atoms with E-state index in [0.717, 1.165) is 23.7 Å². The molecule has 1 fully saturated rings. The fourth-order valence-electron chi connectivity index (χ4n) is 4.41. The number of benzene rings is 2. The number of fused-ring (bicyclic) bond motifs is 1. The summed E-state index contributed by atoms with van der Waals surface area (Å²) in [5, 5.41) is 3.70. The van der Waals surface area contributed by atoms with E-state index in [1.165, 1.54) is 43.4 Å². The zero-order valence-corrected chi connectivity index (χ0v) is 15.7. The number of likely N-dealkylation sites (tertiary alicyclic amines) is 1. The van der Waals surface area contributed by atoms with Crippen LogP contribution in [0.2, 0.25) is 0 Å². The van der Waals surface area contributed by atoms with Crippen LogP contribution in [0.25, 0.3) is 0 Å². The smallest absolute Gasteiger partial charge is 0.162 e. The summed E-state index contributed by atoms with van der Waals surface area (Å²) in [4.78, 5) is 2.68. The minimum Gasteiger partial charge on any atom is -0.493 e. The molecule has 1 heterocycles. The summed E-state index contributed by atoms with van der Waals surface area (Å²) in [7, 11) is 3.35. The lowest BCUT2D eigenvalue weighted by Crippen LogP contribution is -2.47. The van der Waals surface area contributed by atoms with Gasteiger partial charge in [0.2, 0.25) is 0 Å². The van der Waals surface area contributed by atoms with Crippen molar-refractivity contribution in [1.29, 1.82) is 0 Å². The monoisotopic (exact) mass is 352 g/mol. The molecule has 1 N–H and O–H groups in total. The van der Waals surface area contributed by atoms with Crippen LogP contribution in [0.3, 0.4) is 0 Å². The number of nitrogens with zero attached hydrogens (tertiary/aromatic N) is 1. The Morgan fingerprint density at radius 2 is 1.69 bits per heavy atom. The molecule has 4 nitrogen and oxygen atoms in total. The number of anilines is 1. The number of methoxy groups -OCH3 is 2. The van der Waals surface area contributed by atoms with Crippen molar-refractivity contribution in [2.45, 2.75) is 37.8 Å². The second-order valence-electron chi connectivity index (χ2n) is 7.38. The first-order valence-electron chi connectivity index (χ1n) is 9.56. The highest BCUT2D eigenvalue weighted by Crippen LogP contribution is 2.31. The Bertz CT molecular complexity index is 737. The molecule has 138 valence electrons. The highest BCUT2D eigenvalue weighted by Gasteiger charge is 2.30. The Hall–Kier alpha value is -2.20. The first-order chi connectivity index (χ1) is 12.8. The summed E-state index contributed by atoms with van der Waals surface area (Å²) < 4.78 is 10.8. The van der Waals surface area contributed by atoms with Crippen molar-refractivity contribution >= 4 is 5.69 Å². The lowest BCUT2D eigenvalue weighted by molar-refractivity contribution is 0.159. The molecule has 1 saturated heterocycles. The van der Waals surface area contributed by atoms with E-state index in [1.807, 2.05) is 12.1 Å². The second-order valence-corrected chi connectivity index (χ2v) is 7.38. The molecule has 0 radical (unpaired) electrons. The summed E-state index contributed by atoms with van der Waals surface area (Å²) in [5.41, 5.74) is 4.17. The first kappa shape index (κ1) is 17.2. The Kier molecular flexibility index (Phi) is 5.02. The van der Waals surface area contributed by atoms with E-state index in [-0.39, 0.29) is 0 Å². The van der Waals surface area contributed by atoms with E-state index in [0.29, 0.717) is 12.1 Å². The molecule has 1 atom stereocenters. The van der Waals surface area contributed by atoms with Crippen molar-refractivity contribution in [3.8, 4) is 11.5 Å². The Balaban J connectivity index is 1.40. The Morgan fingerprint density at radius 1 is 0.962 bits per heavy atom. The Morgan fingerprint density at radius 3 is 2.38 bits per heavy atom. The highest BCUT2D eigenvalue weighted by molar-refractivity contribution is 5.55. The van der Waals surface area contributed by atoms with Gasteiger partial charge in [0.15, 0.2) is 11.5 Å². The minimum atomic E-state index is 0.477. The second kappa shape index (κ2) is 7.58. The van der Waals surface area contributed by atoms with Crippen LogP contribution in [0.4, 0.5) is 5.69 Å². The fraction of sp³-hybridized carbons (Fsp3) is 0.455. The van der Waals surface area contributed by atoms with Gasteiger partial charge in [0.1, 0.15) is 0 Å². The summed E-state index contributed by atoms with van der Waals surface area (Å²) >= 11 is 0. The van der Waals surface area contributed by atoms with Crippen molar-refractivity contribution < 1.29 is 9.47 Å². The molecule has 1 aliphatic carbocycles. The topological polar surface area (TPSA) is 33.7 Å². The standard InChI is InChI=1S/C22H28N2O2/c1-25-21-10-9-18(14-22(21)26-2)23-19-8-5-11-24(15-19)20-12-16-6-3-4-7-17(16)13-20/h3-4,6-7,9-10,14,19-20,23H,5,8,11-13,15H2,1-2H3. The van der Waals surface area contributed by atoms with Gasteiger partial charge in [-0.05, 0) is 55.5 Å². The van der Waals surface area contributed by atoms with Gasteiger partial charge in [0, 0.05) is 30.4 Å². The average molecular weight is 352 g/mol. The third-order valence-corrected chi connectivity index (χ3v) is 5.75. The quantitative estimate of drug-likeness (QED) is 0.889. The lowest BCUT2D eigenvalue weighted by Gasteiger charge is -2.37. The van der Waals surface area contributed by atoms with Crippen molar-refractivity contribution in [1.82, 2.24) is 4.90 Å². The van der Waals surface area contributed by atoms with Gasteiger partial charge in [-0.2, -0.15) is 0 Å². The maximum atomic E-state index is 5.43. The van der Waals surface area contributed by atoms with E-state index in [1.54, 1.807) is 14.2 Å². The summed E-state index contributed by atoms with van der Waals surface area (Å²) in [6.07, 6.45) is 4.85. The van der Waals surface area contributed by atoms with E-state index in [9.17, 15) is 0 Å². The SMILES string of the molecule is COc1ccc(NC2CCCN(C3Cc4ccccc4C3)C2)cc1OC. The summed E-state index contributed by atoms with van der Waals surface area (Å²) in [5.74, 6) is 1.54. The van der Waals surface area contributed by atoms with Crippen LogP contribution in [-0.4, -0.2) is 44.3 Å². The number of hydrogen-bond donors (Lipinski definition) is 1. The molecule has 0 aromatic heterocycles. The maximum absolute atomic E-state index is 5.43. The third-order valence-electron chi connectivity index (χ3n) is 5.75. The normalized spacial score (nSPS) is 20.6. The highest BCUT2D eigenvalue weighted by atomic mass is 16.5. The molecule has 4 rings (SSSR count). The molecule has 0 saturated carbocycles. The van der Waals surface area contributed by atoms with Crippen molar-refractivity contribution in [2.75, 3.05) is 32.6 Å². The molecule has 0 spiro atoms. The number of nitrogens with one attached hydrogen (secondary N) is 1. The molecule has 2 aromatic carbocycles. The van der Waals surface area contributed by atoms with E-state index < -0.39 is 0 Å². The minimum absolute atomic E-state index is 0.477. The lowest BCUT2D eigenvalue weighted by atomic mass is 10.0. The molecule has 4 heteroatoms. The number of rotatable bonds is 5. The zero-order valence-electron chi connectivity index (χ0n) is 15.7. The van der Waals surface area contributed by atoms with Crippen molar-refractivity contribution in [3.63, 3.8) is 0 Å². The van der Waals surface area contributed by atoms with Gasteiger partial charge in [-0.15, -0.1) is 0 Å². The van der Waals surface area contributed by atoms with Crippen molar-refractivity contribution in [3.05, 3.63) is 53.6 Å². The number of piperidine rings is 1. The van der Waals surface area contributed by atoms with Gasteiger partial charge in [0.25, 0.3) is 0 Å². The van der Waals surface area contributed by atoms with Crippen LogP contribution in [0.5, 0.6) is 11.5 Å². The zero-order chi connectivity index (χ0) is 17.9. The molecule has 2 aromatic rings. The van der Waals surface area contributed by atoms with E-state index >= 15 is 0 Å². The van der Waals surface area contributed by atoms with Gasteiger partial charge in [-0.25, -0.2) is 0 Å². The van der Waals surface area contributed by atoms with Crippen LogP contribution in [0.15, 0.2) is 42.5 Å². The van der Waals surface area contributed by atoms with Gasteiger partial charge >= 0.3 is 0 Å². The largest absolute Gasteiger partial charge is 0.493 e. The van der Waals surface area contributed by atoms with Crippen LogP contribution >= 0.6 is 0 Å². The third kappa shape index (κ3) is 3.51. The van der Waals surface area contributed by atoms with Crippen LogP contribution in [0.1, 0.15) is 24.0 Å². The van der Waals surface area contributed by atoms with Crippen LogP contribution in [-0.2, 0) is 12.8 Å². The molecular formula is C22H28N2O2. The van der Waals surface area contributed by atoms with Crippen LogP contribution in [0, 0.1) is 0 Å². The molecule has 2 aliphatic rings. The molecule has 0 bridgehead atoms. The first-order valence-corrected chi connectivity index (χ1v) is 9.56. The molecular weight excluding hydrogens is 324 g/mol. The van der Waals surface area contributed by atoms with Gasteiger partial charge in [0.05, 0.1) is 14.2 Å². The van der Waals surface area contributed by atoms with Crippen LogP contribution < -0.4 is 14.8 Å². The summed E-state index contributed by atoms with van der Waals surface area (Å²) in [6.45, 7) is 2.32. The molecule has 26 heavy (non-hydrogen) atoms. The fourth-order valence-corrected chi connectivity index (χ4v) is 4.41. The van der Waals surface area contributed by atoms with Gasteiger partial charge in [-0.1, -0.05) is 24.3 Å². The van der Waals surface area contributed by atoms with Crippen molar-refractivity contribution in [2.24, 2.45) is 0 Å². The molecule has 1 aliphatic heterocycles. The summed E-state index contributed by atoms with van der Waals surface area (Å²) in [6, 6.07) is 16.1. The molecule has 0 amide bonds. The predicted molar refractivity (Wildman–Crippen MR) is 105 cm³/mol. The van der Waals surface area contributed by atoms with Gasteiger partial charge in [-0.3, -0.25) is 4.90 Å². The predicted octanol–water partition coefficient (Wildman–Crippen LogP) is 3.75.